The van der Waals surface area contributed by atoms with Gasteiger partial charge in [0.2, 0.25) is 5.76 Å². The van der Waals surface area contributed by atoms with Gasteiger partial charge in [-0.1, -0.05) is 0 Å². The Morgan fingerprint density at radius 3 is 3.00 bits per heavy atom. The minimum Gasteiger partial charge on any atom is -0.463 e. The highest BCUT2D eigenvalue weighted by molar-refractivity contribution is 5.86. The van der Waals surface area contributed by atoms with Gasteiger partial charge in [-0.2, -0.15) is 5.10 Å². The zero-order valence-electron chi connectivity index (χ0n) is 9.40. The van der Waals surface area contributed by atoms with Crippen molar-refractivity contribution in [2.24, 2.45) is 0 Å². The Hall–Kier alpha value is -2.64. The molecule has 0 aliphatic heterocycles. The topological polar surface area (TPSA) is 100 Å². The van der Waals surface area contributed by atoms with Crippen LogP contribution in [0.15, 0.2) is 28.9 Å². The van der Waals surface area contributed by atoms with Crippen molar-refractivity contribution >= 4 is 11.7 Å². The number of aromatic nitrogens is 2. The van der Waals surface area contributed by atoms with Gasteiger partial charge in [-0.15, -0.1) is 0 Å². The Kier molecular flexibility index (Phi) is 3.09. The van der Waals surface area contributed by atoms with Gasteiger partial charge in [-0.3, -0.25) is 14.8 Å². The van der Waals surface area contributed by atoms with Crippen LogP contribution in [0.2, 0.25) is 0 Å². The third kappa shape index (κ3) is 2.37. The summed E-state index contributed by atoms with van der Waals surface area (Å²) < 4.78 is 11.0. The molecule has 2 aromatic heterocycles. The highest BCUT2D eigenvalue weighted by atomic mass is 16.6. The monoisotopic (exact) mass is 251 g/mol. The first-order valence-electron chi connectivity index (χ1n) is 4.94. The van der Waals surface area contributed by atoms with Crippen LogP contribution in [0.25, 0.3) is 0 Å². The first-order valence-corrected chi connectivity index (χ1v) is 4.94. The Morgan fingerprint density at radius 1 is 1.61 bits per heavy atom. The van der Waals surface area contributed by atoms with E-state index in [1.54, 1.807) is 6.07 Å². The number of hydrogen-bond acceptors (Lipinski definition) is 6. The van der Waals surface area contributed by atoms with Crippen LogP contribution in [-0.2, 0) is 11.3 Å². The predicted octanol–water partition coefficient (Wildman–Crippen LogP) is 1.22. The summed E-state index contributed by atoms with van der Waals surface area (Å²) in [6, 6.07) is 3.05. The molecule has 0 radical (unpaired) electrons. The molecule has 0 saturated carbocycles. The van der Waals surface area contributed by atoms with E-state index < -0.39 is 10.9 Å². The molecule has 2 aromatic rings. The molecule has 0 spiro atoms. The highest BCUT2D eigenvalue weighted by Crippen LogP contribution is 2.13. The lowest BCUT2D eigenvalue weighted by Gasteiger charge is -1.96. The number of carbonyl (C=O) groups excluding carboxylic acids is 1. The predicted molar refractivity (Wildman–Crippen MR) is 58.0 cm³/mol. The average Bonchev–Trinajstić information content (AvgIpc) is 2.98. The van der Waals surface area contributed by atoms with Crippen molar-refractivity contribution in [1.29, 1.82) is 0 Å². The fourth-order valence-corrected chi connectivity index (χ4v) is 1.37. The Balaban J connectivity index is 2.11. The SMILES string of the molecule is COC(=O)c1ccc(Cn2cc([N+](=O)[O-])cn2)o1. The lowest BCUT2D eigenvalue weighted by atomic mass is 10.4. The normalized spacial score (nSPS) is 10.3. The lowest BCUT2D eigenvalue weighted by molar-refractivity contribution is -0.385. The molecule has 0 amide bonds. The van der Waals surface area contributed by atoms with Gasteiger partial charge >= 0.3 is 11.7 Å². The summed E-state index contributed by atoms with van der Waals surface area (Å²) >= 11 is 0. The van der Waals surface area contributed by atoms with Gasteiger partial charge in [-0.05, 0) is 12.1 Å². The van der Waals surface area contributed by atoms with E-state index in [4.69, 9.17) is 4.42 Å². The minimum atomic E-state index is -0.576. The number of nitrogens with zero attached hydrogens (tertiary/aromatic N) is 3. The second-order valence-electron chi connectivity index (χ2n) is 3.41. The van der Waals surface area contributed by atoms with E-state index in [-0.39, 0.29) is 18.0 Å². The number of carbonyl (C=O) groups is 1. The van der Waals surface area contributed by atoms with Crippen molar-refractivity contribution in [2.75, 3.05) is 7.11 Å². The second-order valence-corrected chi connectivity index (χ2v) is 3.41. The van der Waals surface area contributed by atoms with E-state index in [0.29, 0.717) is 5.76 Å². The summed E-state index contributed by atoms with van der Waals surface area (Å²) in [6.07, 6.45) is 2.42. The van der Waals surface area contributed by atoms with Crippen LogP contribution in [-0.4, -0.2) is 27.8 Å². The summed E-state index contributed by atoms with van der Waals surface area (Å²) in [7, 11) is 1.25. The number of ether oxygens (including phenoxy) is 1. The van der Waals surface area contributed by atoms with Crippen LogP contribution in [0.5, 0.6) is 0 Å². The highest BCUT2D eigenvalue weighted by Gasteiger charge is 2.13. The maximum Gasteiger partial charge on any atom is 0.373 e. The fourth-order valence-electron chi connectivity index (χ4n) is 1.37. The Morgan fingerprint density at radius 2 is 2.39 bits per heavy atom. The van der Waals surface area contributed by atoms with Crippen LogP contribution >= 0.6 is 0 Å². The van der Waals surface area contributed by atoms with Crippen LogP contribution in [0.4, 0.5) is 5.69 Å². The molecule has 0 bridgehead atoms. The Bertz CT molecular complexity index is 586. The van der Waals surface area contributed by atoms with Gasteiger partial charge in [0.25, 0.3) is 0 Å². The summed E-state index contributed by atoms with van der Waals surface area (Å²) in [5.74, 6) is -0.0461. The van der Waals surface area contributed by atoms with Crippen molar-refractivity contribution in [2.45, 2.75) is 6.54 Å². The quantitative estimate of drug-likeness (QED) is 0.460. The van der Waals surface area contributed by atoms with Gasteiger partial charge in [0.15, 0.2) is 0 Å². The smallest absolute Gasteiger partial charge is 0.373 e. The Labute approximate surface area is 101 Å². The third-order valence-electron chi connectivity index (χ3n) is 2.20. The standard InChI is InChI=1S/C10H9N3O5/c1-17-10(14)9-3-2-8(18-9)6-12-5-7(4-11-12)13(15)16/h2-5H,6H2,1H3. The van der Waals surface area contributed by atoms with Crippen molar-refractivity contribution in [3.8, 4) is 0 Å². The third-order valence-corrected chi connectivity index (χ3v) is 2.20. The molecule has 18 heavy (non-hydrogen) atoms. The van der Waals surface area contributed by atoms with E-state index in [0.717, 1.165) is 6.20 Å². The van der Waals surface area contributed by atoms with Crippen LogP contribution in [0.3, 0.4) is 0 Å². The van der Waals surface area contributed by atoms with E-state index in [9.17, 15) is 14.9 Å². The maximum absolute atomic E-state index is 11.1. The summed E-state index contributed by atoms with van der Waals surface area (Å²) in [6.45, 7) is 0.199. The zero-order chi connectivity index (χ0) is 13.1. The number of nitro groups is 1. The zero-order valence-corrected chi connectivity index (χ0v) is 9.40. The largest absolute Gasteiger partial charge is 0.463 e. The van der Waals surface area contributed by atoms with Crippen LogP contribution in [0, 0.1) is 10.1 Å². The van der Waals surface area contributed by atoms with E-state index >= 15 is 0 Å². The molecular formula is C10H9N3O5. The van der Waals surface area contributed by atoms with Crippen LogP contribution < -0.4 is 0 Å². The first kappa shape index (κ1) is 11.8. The van der Waals surface area contributed by atoms with Crippen molar-refractivity contribution in [3.63, 3.8) is 0 Å². The number of esters is 1. The minimum absolute atomic E-state index is 0.0779. The van der Waals surface area contributed by atoms with Gasteiger partial charge in [0, 0.05) is 0 Å². The molecule has 0 atom stereocenters. The number of furan rings is 1. The van der Waals surface area contributed by atoms with E-state index in [1.165, 1.54) is 24.1 Å². The molecule has 0 aliphatic rings. The number of hydrogen-bond donors (Lipinski definition) is 0. The molecule has 8 heteroatoms. The average molecular weight is 251 g/mol. The molecule has 0 aromatic carbocycles. The first-order chi connectivity index (χ1) is 8.60. The molecule has 0 unspecified atom stereocenters. The van der Waals surface area contributed by atoms with E-state index in [1.807, 2.05) is 0 Å². The molecule has 8 nitrogen and oxygen atoms in total. The summed E-state index contributed by atoms with van der Waals surface area (Å²) in [5, 5.41) is 14.3. The molecule has 0 saturated heterocycles. The molecule has 2 rings (SSSR count). The van der Waals surface area contributed by atoms with Crippen molar-refractivity contribution in [3.05, 3.63) is 46.2 Å². The van der Waals surface area contributed by atoms with Gasteiger partial charge in [0.05, 0.1) is 18.6 Å². The lowest BCUT2D eigenvalue weighted by Crippen LogP contribution is -2.00. The molecule has 2 heterocycles. The number of rotatable bonds is 4. The number of methoxy groups -OCH3 is 1. The van der Waals surface area contributed by atoms with Gasteiger partial charge in [0.1, 0.15) is 18.2 Å². The van der Waals surface area contributed by atoms with Crippen molar-refractivity contribution in [1.82, 2.24) is 9.78 Å². The summed E-state index contributed by atoms with van der Waals surface area (Å²) in [5.41, 5.74) is -0.102. The van der Waals surface area contributed by atoms with Gasteiger partial charge < -0.3 is 9.15 Å². The summed E-state index contributed by atoms with van der Waals surface area (Å²) in [4.78, 5) is 21.1. The van der Waals surface area contributed by atoms with Crippen LogP contribution in [0.1, 0.15) is 16.3 Å². The molecule has 0 N–H and O–H groups in total. The molecule has 94 valence electrons. The van der Waals surface area contributed by atoms with E-state index in [2.05, 4.69) is 9.84 Å². The van der Waals surface area contributed by atoms with Crippen molar-refractivity contribution < 1.29 is 18.9 Å². The second kappa shape index (κ2) is 4.70. The maximum atomic E-state index is 11.1. The molecule has 0 fully saturated rings. The fraction of sp³-hybridized carbons (Fsp3) is 0.200. The molecule has 0 aliphatic carbocycles. The van der Waals surface area contributed by atoms with Gasteiger partial charge in [-0.25, -0.2) is 4.79 Å². The molecular weight excluding hydrogens is 242 g/mol.